The Kier molecular flexibility index (Phi) is 7.80. The maximum absolute atomic E-state index is 5.38. The van der Waals surface area contributed by atoms with Crippen LogP contribution in [0.2, 0.25) is 0 Å². The highest BCUT2D eigenvalue weighted by atomic mass is 15.0. The lowest BCUT2D eigenvalue weighted by Crippen LogP contribution is -2.14. The van der Waals surface area contributed by atoms with Crippen molar-refractivity contribution < 1.29 is 0 Å². The summed E-state index contributed by atoms with van der Waals surface area (Å²) in [4.78, 5) is 16.0. The van der Waals surface area contributed by atoms with E-state index < -0.39 is 0 Å². The number of para-hydroxylation sites is 2. The molecular weight excluding hydrogens is 705 g/mol. The fourth-order valence-corrected chi connectivity index (χ4v) is 9.04. The maximum Gasteiger partial charge on any atom is 0.164 e. The van der Waals surface area contributed by atoms with E-state index in [4.69, 9.17) is 15.0 Å². The van der Waals surface area contributed by atoms with Crippen LogP contribution < -0.4 is 0 Å². The van der Waals surface area contributed by atoms with E-state index in [2.05, 4.69) is 206 Å². The number of fused-ring (bicyclic) bond motifs is 6. The van der Waals surface area contributed by atoms with Gasteiger partial charge < -0.3 is 4.57 Å². The van der Waals surface area contributed by atoms with Gasteiger partial charge in [0, 0.05) is 38.4 Å². The minimum atomic E-state index is -0.154. The predicted molar refractivity (Wildman–Crippen MR) is 239 cm³/mol. The molecule has 0 radical (unpaired) electrons. The van der Waals surface area contributed by atoms with Gasteiger partial charge in [-0.2, -0.15) is 0 Å². The Bertz CT molecular complexity index is 3130. The molecule has 1 aliphatic carbocycles. The van der Waals surface area contributed by atoms with Crippen molar-refractivity contribution >= 4 is 21.8 Å². The van der Waals surface area contributed by atoms with Gasteiger partial charge in [-0.05, 0) is 57.1 Å². The third-order valence-electron chi connectivity index (χ3n) is 11.9. The second-order valence-electron chi connectivity index (χ2n) is 15.6. The molecule has 4 heteroatoms. The molecular formula is C54H38N4. The van der Waals surface area contributed by atoms with E-state index in [1.54, 1.807) is 0 Å². The zero-order valence-corrected chi connectivity index (χ0v) is 32.3. The molecule has 11 rings (SSSR count). The monoisotopic (exact) mass is 742 g/mol. The van der Waals surface area contributed by atoms with E-state index >= 15 is 0 Å². The highest BCUT2D eigenvalue weighted by molar-refractivity contribution is 6.10. The summed E-state index contributed by atoms with van der Waals surface area (Å²) in [5, 5.41) is 2.43. The lowest BCUT2D eigenvalue weighted by Gasteiger charge is -2.21. The topological polar surface area (TPSA) is 43.6 Å². The van der Waals surface area contributed by atoms with E-state index in [-0.39, 0.29) is 5.41 Å². The van der Waals surface area contributed by atoms with Crippen LogP contribution in [0.1, 0.15) is 25.0 Å². The molecule has 0 saturated heterocycles. The molecule has 0 N–H and O–H groups in total. The van der Waals surface area contributed by atoms with Gasteiger partial charge in [0.2, 0.25) is 0 Å². The molecule has 0 saturated carbocycles. The maximum atomic E-state index is 5.38. The van der Waals surface area contributed by atoms with Crippen LogP contribution in [0.15, 0.2) is 194 Å². The molecule has 4 nitrogen and oxygen atoms in total. The van der Waals surface area contributed by atoms with Crippen molar-refractivity contribution in [3.05, 3.63) is 205 Å². The standard InChI is InChI=1S/C54H38N4/c1-54(2)45-24-12-9-22-43(45)50-44(23-15-25-46(50)54)53-56-51(38-30-28-36(29-31-38)35-16-5-3-6-17-35)55-52(57-53)39-32-33-40(37-18-7-4-8-19-37)49(34-39)58-47-26-13-10-20-41(47)42-21-11-14-27-48(42)58/h3-34H,1-2H3. The van der Waals surface area contributed by atoms with Gasteiger partial charge in [-0.25, -0.2) is 15.0 Å². The van der Waals surface area contributed by atoms with E-state index in [0.717, 1.165) is 50.1 Å². The van der Waals surface area contributed by atoms with Crippen LogP contribution in [-0.2, 0) is 5.41 Å². The van der Waals surface area contributed by atoms with Crippen LogP contribution in [0.4, 0.5) is 0 Å². The first kappa shape index (κ1) is 33.9. The average Bonchev–Trinajstić information content (AvgIpc) is 3.75. The number of aromatic nitrogens is 4. The summed E-state index contributed by atoms with van der Waals surface area (Å²) in [6.45, 7) is 4.62. The van der Waals surface area contributed by atoms with Gasteiger partial charge in [0.15, 0.2) is 17.5 Å². The van der Waals surface area contributed by atoms with E-state index in [9.17, 15) is 0 Å². The molecule has 274 valence electrons. The van der Waals surface area contributed by atoms with E-state index in [1.807, 2.05) is 6.07 Å². The Morgan fingerprint density at radius 3 is 1.57 bits per heavy atom. The third kappa shape index (κ3) is 5.41. The first-order valence-corrected chi connectivity index (χ1v) is 19.9. The van der Waals surface area contributed by atoms with E-state index in [0.29, 0.717) is 17.5 Å². The summed E-state index contributed by atoms with van der Waals surface area (Å²) in [7, 11) is 0. The molecule has 0 spiro atoms. The summed E-state index contributed by atoms with van der Waals surface area (Å²) < 4.78 is 2.39. The number of hydrogen-bond donors (Lipinski definition) is 0. The van der Waals surface area contributed by atoms with Crippen molar-refractivity contribution in [2.24, 2.45) is 0 Å². The highest BCUT2D eigenvalue weighted by Gasteiger charge is 2.37. The smallest absolute Gasteiger partial charge is 0.164 e. The molecule has 0 unspecified atom stereocenters. The number of benzene rings is 8. The SMILES string of the molecule is CC1(C)c2ccccc2-c2c(-c3nc(-c4ccc(-c5ccccc5)cc4)nc(-c4ccc(-c5ccccc5)c(-n5c6ccccc6c6ccccc65)c4)n3)cccc21. The molecule has 2 heterocycles. The quantitative estimate of drug-likeness (QED) is 0.170. The summed E-state index contributed by atoms with van der Waals surface area (Å²) in [5.41, 5.74) is 15.7. The molecule has 0 amide bonds. The molecule has 0 aliphatic heterocycles. The number of nitrogens with zero attached hydrogens (tertiary/aromatic N) is 4. The summed E-state index contributed by atoms with van der Waals surface area (Å²) in [6.07, 6.45) is 0. The molecule has 8 aromatic carbocycles. The lowest BCUT2D eigenvalue weighted by molar-refractivity contribution is 0.660. The Morgan fingerprint density at radius 1 is 0.362 bits per heavy atom. The second-order valence-corrected chi connectivity index (χ2v) is 15.6. The molecule has 0 bridgehead atoms. The first-order valence-electron chi connectivity index (χ1n) is 19.9. The number of hydrogen-bond acceptors (Lipinski definition) is 3. The molecule has 1 aliphatic rings. The van der Waals surface area contributed by atoms with Crippen molar-refractivity contribution in [2.75, 3.05) is 0 Å². The minimum absolute atomic E-state index is 0.154. The second kappa shape index (κ2) is 13.4. The molecule has 0 fully saturated rings. The number of rotatable bonds is 6. The summed E-state index contributed by atoms with van der Waals surface area (Å²) in [6, 6.07) is 69.0. The first-order chi connectivity index (χ1) is 28.5. The normalized spacial score (nSPS) is 12.8. The van der Waals surface area contributed by atoms with Crippen molar-refractivity contribution in [2.45, 2.75) is 19.3 Å². The predicted octanol–water partition coefficient (Wildman–Crippen LogP) is 13.6. The fraction of sp³-hybridized carbons (Fsp3) is 0.0556. The zero-order valence-electron chi connectivity index (χ0n) is 32.3. The minimum Gasteiger partial charge on any atom is -0.309 e. The van der Waals surface area contributed by atoms with Gasteiger partial charge in [0.25, 0.3) is 0 Å². The molecule has 2 aromatic heterocycles. The molecule has 0 atom stereocenters. The van der Waals surface area contributed by atoms with Crippen LogP contribution in [0.3, 0.4) is 0 Å². The van der Waals surface area contributed by atoms with Crippen LogP contribution in [-0.4, -0.2) is 19.5 Å². The zero-order chi connectivity index (χ0) is 38.8. The Morgan fingerprint density at radius 2 is 0.862 bits per heavy atom. The van der Waals surface area contributed by atoms with Crippen molar-refractivity contribution in [1.82, 2.24) is 19.5 Å². The Balaban J connectivity index is 1.16. The van der Waals surface area contributed by atoms with E-state index in [1.165, 1.54) is 38.6 Å². The van der Waals surface area contributed by atoms with Crippen molar-refractivity contribution in [3.63, 3.8) is 0 Å². The van der Waals surface area contributed by atoms with Crippen molar-refractivity contribution in [1.29, 1.82) is 0 Å². The largest absolute Gasteiger partial charge is 0.309 e. The Labute approximate surface area is 337 Å². The Hall–Kier alpha value is -7.43. The summed E-state index contributed by atoms with van der Waals surface area (Å²) >= 11 is 0. The average molecular weight is 743 g/mol. The van der Waals surface area contributed by atoms with Gasteiger partial charge in [0.05, 0.1) is 16.7 Å². The lowest BCUT2D eigenvalue weighted by atomic mass is 9.82. The van der Waals surface area contributed by atoms with Gasteiger partial charge in [-0.15, -0.1) is 0 Å². The molecule has 58 heavy (non-hydrogen) atoms. The van der Waals surface area contributed by atoms with Crippen LogP contribution in [0.5, 0.6) is 0 Å². The highest BCUT2D eigenvalue weighted by Crippen LogP contribution is 2.51. The third-order valence-corrected chi connectivity index (χ3v) is 11.9. The van der Waals surface area contributed by atoms with Gasteiger partial charge in [0.1, 0.15) is 0 Å². The van der Waals surface area contributed by atoms with Crippen LogP contribution in [0, 0.1) is 0 Å². The van der Waals surface area contributed by atoms with Crippen LogP contribution in [0.25, 0.3) is 95.0 Å². The van der Waals surface area contributed by atoms with Gasteiger partial charge >= 0.3 is 0 Å². The van der Waals surface area contributed by atoms with Gasteiger partial charge in [-0.1, -0.05) is 190 Å². The summed E-state index contributed by atoms with van der Waals surface area (Å²) in [5.74, 6) is 1.91. The fourth-order valence-electron chi connectivity index (χ4n) is 9.04. The molecule has 10 aromatic rings. The van der Waals surface area contributed by atoms with Gasteiger partial charge in [-0.3, -0.25) is 0 Å². The van der Waals surface area contributed by atoms with Crippen molar-refractivity contribution in [3.8, 4) is 73.2 Å². The van der Waals surface area contributed by atoms with Crippen LogP contribution >= 0.6 is 0 Å².